The van der Waals surface area contributed by atoms with Gasteiger partial charge in [0.25, 0.3) is 0 Å². The standard InChI is InChI=1S/C14H20N2S/c1-17-14(16-4-2-3-15-16)12-6-10-5-11(8-12)9-13(14)7-10/h2-4,10-13H,5-9H2,1H3. The highest BCUT2D eigenvalue weighted by Gasteiger charge is 2.58. The molecule has 5 rings (SSSR count). The van der Waals surface area contributed by atoms with Gasteiger partial charge in [0.15, 0.2) is 0 Å². The Morgan fingerprint density at radius 2 is 1.76 bits per heavy atom. The van der Waals surface area contributed by atoms with E-state index in [1.807, 2.05) is 6.20 Å². The lowest BCUT2D eigenvalue weighted by Crippen LogP contribution is -2.56. The molecule has 4 bridgehead atoms. The molecule has 4 fully saturated rings. The summed E-state index contributed by atoms with van der Waals surface area (Å²) in [7, 11) is 0. The summed E-state index contributed by atoms with van der Waals surface area (Å²) >= 11 is 2.07. The Labute approximate surface area is 107 Å². The molecule has 0 aromatic carbocycles. The molecule has 4 aliphatic rings. The fourth-order valence-corrected chi connectivity index (χ4v) is 6.48. The van der Waals surface area contributed by atoms with Crippen LogP contribution in [-0.4, -0.2) is 16.0 Å². The van der Waals surface area contributed by atoms with Gasteiger partial charge in [0.2, 0.25) is 0 Å². The summed E-state index contributed by atoms with van der Waals surface area (Å²) in [5, 5.41) is 4.60. The fraction of sp³-hybridized carbons (Fsp3) is 0.786. The van der Waals surface area contributed by atoms with Crippen molar-refractivity contribution in [1.82, 2.24) is 9.78 Å². The molecular weight excluding hydrogens is 228 g/mol. The van der Waals surface area contributed by atoms with Gasteiger partial charge in [-0.05, 0) is 68.1 Å². The molecule has 4 saturated carbocycles. The fourth-order valence-electron chi connectivity index (χ4n) is 5.14. The molecule has 1 aromatic heterocycles. The first kappa shape index (κ1) is 10.5. The number of aromatic nitrogens is 2. The molecule has 92 valence electrons. The van der Waals surface area contributed by atoms with Gasteiger partial charge >= 0.3 is 0 Å². The molecule has 1 heterocycles. The number of hydrogen-bond donors (Lipinski definition) is 0. The SMILES string of the molecule is CSC1(n2cccn2)C2CC3CC(C2)CC1C3. The van der Waals surface area contributed by atoms with Crippen molar-refractivity contribution in [3.63, 3.8) is 0 Å². The third kappa shape index (κ3) is 1.26. The molecule has 0 N–H and O–H groups in total. The van der Waals surface area contributed by atoms with Gasteiger partial charge in [0.05, 0.1) is 0 Å². The minimum Gasteiger partial charge on any atom is -0.256 e. The van der Waals surface area contributed by atoms with E-state index < -0.39 is 0 Å². The van der Waals surface area contributed by atoms with E-state index >= 15 is 0 Å². The van der Waals surface area contributed by atoms with Crippen LogP contribution in [0.5, 0.6) is 0 Å². The minimum atomic E-state index is 0.289. The molecule has 0 amide bonds. The maximum absolute atomic E-state index is 4.60. The lowest BCUT2D eigenvalue weighted by Gasteiger charge is -2.60. The number of hydrogen-bond acceptors (Lipinski definition) is 2. The predicted octanol–water partition coefficient (Wildman–Crippen LogP) is 3.36. The van der Waals surface area contributed by atoms with Crippen LogP contribution in [0.25, 0.3) is 0 Å². The van der Waals surface area contributed by atoms with Crippen molar-refractivity contribution < 1.29 is 0 Å². The second kappa shape index (κ2) is 3.53. The van der Waals surface area contributed by atoms with E-state index in [1.54, 1.807) is 0 Å². The molecule has 3 heteroatoms. The number of thioether (sulfide) groups is 1. The predicted molar refractivity (Wildman–Crippen MR) is 70.8 cm³/mol. The quantitative estimate of drug-likeness (QED) is 0.798. The maximum atomic E-state index is 4.60. The molecule has 0 atom stereocenters. The Morgan fingerprint density at radius 3 is 2.24 bits per heavy atom. The van der Waals surface area contributed by atoms with E-state index in [9.17, 15) is 0 Å². The first-order chi connectivity index (χ1) is 8.33. The minimum absolute atomic E-state index is 0.289. The van der Waals surface area contributed by atoms with Crippen molar-refractivity contribution >= 4 is 11.8 Å². The van der Waals surface area contributed by atoms with Crippen LogP contribution < -0.4 is 0 Å². The lowest BCUT2D eigenvalue weighted by atomic mass is 9.53. The van der Waals surface area contributed by atoms with Crippen molar-refractivity contribution in [2.45, 2.75) is 37.0 Å². The summed E-state index contributed by atoms with van der Waals surface area (Å²) < 4.78 is 2.30. The number of rotatable bonds is 2. The highest BCUT2D eigenvalue weighted by atomic mass is 32.2. The van der Waals surface area contributed by atoms with Gasteiger partial charge in [-0.3, -0.25) is 4.68 Å². The van der Waals surface area contributed by atoms with E-state index in [0.29, 0.717) is 0 Å². The van der Waals surface area contributed by atoms with Gasteiger partial charge in [0, 0.05) is 12.4 Å². The molecule has 0 spiro atoms. The molecular formula is C14H20N2S. The van der Waals surface area contributed by atoms with E-state index in [1.165, 1.54) is 32.1 Å². The van der Waals surface area contributed by atoms with Crippen molar-refractivity contribution in [1.29, 1.82) is 0 Å². The van der Waals surface area contributed by atoms with Crippen LogP contribution in [0.2, 0.25) is 0 Å². The second-order valence-corrected chi connectivity index (χ2v) is 7.27. The third-order valence-electron chi connectivity index (χ3n) is 5.50. The van der Waals surface area contributed by atoms with E-state index in [0.717, 1.165) is 23.7 Å². The van der Waals surface area contributed by atoms with Gasteiger partial charge in [-0.15, -0.1) is 11.8 Å². The zero-order valence-electron chi connectivity index (χ0n) is 10.4. The van der Waals surface area contributed by atoms with Crippen LogP contribution >= 0.6 is 11.8 Å². The Balaban J connectivity index is 1.81. The van der Waals surface area contributed by atoms with Crippen molar-refractivity contribution in [2.75, 3.05) is 6.26 Å². The second-order valence-electron chi connectivity index (χ2n) is 6.21. The van der Waals surface area contributed by atoms with E-state index in [2.05, 4.69) is 40.1 Å². The highest BCUT2D eigenvalue weighted by molar-refractivity contribution is 7.99. The summed E-state index contributed by atoms with van der Waals surface area (Å²) in [6, 6.07) is 2.09. The molecule has 1 aromatic rings. The highest BCUT2D eigenvalue weighted by Crippen LogP contribution is 2.64. The van der Waals surface area contributed by atoms with Crippen molar-refractivity contribution in [3.05, 3.63) is 18.5 Å². The van der Waals surface area contributed by atoms with Gasteiger partial charge in [-0.25, -0.2) is 0 Å². The van der Waals surface area contributed by atoms with E-state index in [4.69, 9.17) is 0 Å². The summed E-state index contributed by atoms with van der Waals surface area (Å²) in [5.41, 5.74) is 0. The Kier molecular flexibility index (Phi) is 2.18. The summed E-state index contributed by atoms with van der Waals surface area (Å²) in [4.78, 5) is 0.289. The summed E-state index contributed by atoms with van der Waals surface area (Å²) in [5.74, 6) is 3.81. The average molecular weight is 248 g/mol. The smallest absolute Gasteiger partial charge is 0.113 e. The Morgan fingerprint density at radius 1 is 1.12 bits per heavy atom. The largest absolute Gasteiger partial charge is 0.256 e. The molecule has 4 aliphatic carbocycles. The van der Waals surface area contributed by atoms with Crippen LogP contribution in [0.4, 0.5) is 0 Å². The zero-order chi connectivity index (χ0) is 11.5. The van der Waals surface area contributed by atoms with Gasteiger partial charge in [0.1, 0.15) is 4.87 Å². The van der Waals surface area contributed by atoms with Crippen LogP contribution in [-0.2, 0) is 4.87 Å². The van der Waals surface area contributed by atoms with Crippen LogP contribution in [0.15, 0.2) is 18.5 Å². The monoisotopic (exact) mass is 248 g/mol. The Bertz CT molecular complexity index is 384. The first-order valence-electron chi connectivity index (χ1n) is 6.88. The van der Waals surface area contributed by atoms with Crippen LogP contribution in [0, 0.1) is 23.7 Å². The van der Waals surface area contributed by atoms with Crippen LogP contribution in [0.3, 0.4) is 0 Å². The third-order valence-corrected chi connectivity index (χ3v) is 7.01. The zero-order valence-corrected chi connectivity index (χ0v) is 11.2. The number of nitrogens with zero attached hydrogens (tertiary/aromatic N) is 2. The van der Waals surface area contributed by atoms with E-state index in [-0.39, 0.29) is 4.87 Å². The molecule has 0 unspecified atom stereocenters. The molecule has 17 heavy (non-hydrogen) atoms. The summed E-state index contributed by atoms with van der Waals surface area (Å²) in [6.07, 6.45) is 13.8. The van der Waals surface area contributed by atoms with Gasteiger partial charge in [-0.2, -0.15) is 5.10 Å². The average Bonchev–Trinajstić information content (AvgIpc) is 2.83. The normalized spacial score (nSPS) is 47.6. The molecule has 2 nitrogen and oxygen atoms in total. The molecule has 0 aliphatic heterocycles. The van der Waals surface area contributed by atoms with Crippen molar-refractivity contribution in [2.24, 2.45) is 23.7 Å². The summed E-state index contributed by atoms with van der Waals surface area (Å²) in [6.45, 7) is 0. The van der Waals surface area contributed by atoms with Gasteiger partial charge in [-0.1, -0.05) is 0 Å². The molecule has 0 saturated heterocycles. The van der Waals surface area contributed by atoms with Gasteiger partial charge < -0.3 is 0 Å². The Hall–Kier alpha value is -0.440. The van der Waals surface area contributed by atoms with Crippen LogP contribution in [0.1, 0.15) is 32.1 Å². The molecule has 0 radical (unpaired) electrons. The maximum Gasteiger partial charge on any atom is 0.113 e. The topological polar surface area (TPSA) is 17.8 Å². The van der Waals surface area contributed by atoms with Crippen molar-refractivity contribution in [3.8, 4) is 0 Å². The lowest BCUT2D eigenvalue weighted by molar-refractivity contribution is -0.0531. The first-order valence-corrected chi connectivity index (χ1v) is 8.10.